The average molecular weight is 305 g/mol. The van der Waals surface area contributed by atoms with Crippen molar-refractivity contribution in [1.82, 2.24) is 4.90 Å². The molecule has 4 heteroatoms. The number of nitrogens with zero attached hydrogens (tertiary/aromatic N) is 1. The maximum atomic E-state index is 11.7. The Bertz CT molecular complexity index is 529. The Hall–Kier alpha value is -1.71. The number of methoxy groups -OCH3 is 1. The SMILES string of the molecule is CCOC(=O)N(C)CCC1(C)CCCc2ccc(OC)cc21. The fourth-order valence-electron chi connectivity index (χ4n) is 3.27. The minimum absolute atomic E-state index is 0.0862. The summed E-state index contributed by atoms with van der Waals surface area (Å²) < 4.78 is 10.4. The molecule has 1 aliphatic carbocycles. The fourth-order valence-corrected chi connectivity index (χ4v) is 3.27. The highest BCUT2D eigenvalue weighted by Gasteiger charge is 2.32. The standard InChI is InChI=1S/C18H27NO3/c1-5-22-17(20)19(3)12-11-18(2)10-6-7-14-8-9-15(21-4)13-16(14)18/h8-9,13H,5-7,10-12H2,1-4H3. The van der Waals surface area contributed by atoms with Gasteiger partial charge in [0.1, 0.15) is 5.75 Å². The lowest BCUT2D eigenvalue weighted by Crippen LogP contribution is -2.35. The van der Waals surface area contributed by atoms with Gasteiger partial charge in [-0.2, -0.15) is 0 Å². The molecule has 0 bridgehead atoms. The molecule has 2 rings (SSSR count). The summed E-state index contributed by atoms with van der Waals surface area (Å²) in [6, 6.07) is 6.38. The molecule has 0 aliphatic heterocycles. The number of rotatable bonds is 5. The predicted molar refractivity (Wildman–Crippen MR) is 87.6 cm³/mol. The van der Waals surface area contributed by atoms with Crippen LogP contribution in [0.3, 0.4) is 0 Å². The van der Waals surface area contributed by atoms with E-state index in [-0.39, 0.29) is 11.5 Å². The van der Waals surface area contributed by atoms with Gasteiger partial charge in [0.05, 0.1) is 13.7 Å². The van der Waals surface area contributed by atoms with Crippen molar-refractivity contribution >= 4 is 6.09 Å². The van der Waals surface area contributed by atoms with Crippen LogP contribution in [0.2, 0.25) is 0 Å². The predicted octanol–water partition coefficient (Wildman–Crippen LogP) is 3.77. The van der Waals surface area contributed by atoms with Crippen LogP contribution >= 0.6 is 0 Å². The van der Waals surface area contributed by atoms with Gasteiger partial charge < -0.3 is 14.4 Å². The van der Waals surface area contributed by atoms with Gasteiger partial charge in [-0.1, -0.05) is 13.0 Å². The number of hydrogen-bond acceptors (Lipinski definition) is 3. The molecule has 0 spiro atoms. The van der Waals surface area contributed by atoms with E-state index in [0.29, 0.717) is 13.2 Å². The van der Waals surface area contributed by atoms with Crippen LogP contribution in [0.5, 0.6) is 5.75 Å². The van der Waals surface area contributed by atoms with Gasteiger partial charge in [0, 0.05) is 13.6 Å². The molecule has 1 unspecified atom stereocenters. The average Bonchev–Trinajstić information content (AvgIpc) is 2.53. The molecule has 0 radical (unpaired) electrons. The molecule has 1 aliphatic rings. The summed E-state index contributed by atoms with van der Waals surface area (Å²) in [5.41, 5.74) is 2.87. The molecule has 0 fully saturated rings. The van der Waals surface area contributed by atoms with Crippen LogP contribution in [-0.2, 0) is 16.6 Å². The van der Waals surface area contributed by atoms with Gasteiger partial charge in [0.2, 0.25) is 0 Å². The van der Waals surface area contributed by atoms with Crippen LogP contribution in [0.4, 0.5) is 4.79 Å². The molecule has 1 amide bonds. The van der Waals surface area contributed by atoms with Crippen LogP contribution in [0.25, 0.3) is 0 Å². The first-order valence-corrected chi connectivity index (χ1v) is 8.05. The summed E-state index contributed by atoms with van der Waals surface area (Å²) >= 11 is 0. The molecular formula is C18H27NO3. The van der Waals surface area contributed by atoms with Crippen LogP contribution in [0.15, 0.2) is 18.2 Å². The summed E-state index contributed by atoms with van der Waals surface area (Å²) in [6.07, 6.45) is 4.15. The smallest absolute Gasteiger partial charge is 0.409 e. The van der Waals surface area contributed by atoms with Crippen LogP contribution in [0, 0.1) is 0 Å². The molecule has 22 heavy (non-hydrogen) atoms. The number of ether oxygens (including phenoxy) is 2. The van der Waals surface area contributed by atoms with Gasteiger partial charge in [-0.25, -0.2) is 4.79 Å². The number of carbonyl (C=O) groups is 1. The lowest BCUT2D eigenvalue weighted by atomic mass is 9.69. The van der Waals surface area contributed by atoms with Crippen molar-refractivity contribution in [3.05, 3.63) is 29.3 Å². The zero-order valence-corrected chi connectivity index (χ0v) is 14.1. The van der Waals surface area contributed by atoms with Gasteiger partial charge in [0.15, 0.2) is 0 Å². The van der Waals surface area contributed by atoms with E-state index in [1.165, 1.54) is 17.5 Å². The second-order valence-corrected chi connectivity index (χ2v) is 6.31. The fraction of sp³-hybridized carbons (Fsp3) is 0.611. The first kappa shape index (κ1) is 16.7. The Balaban J connectivity index is 2.12. The number of fused-ring (bicyclic) bond motifs is 1. The van der Waals surface area contributed by atoms with E-state index in [4.69, 9.17) is 9.47 Å². The van der Waals surface area contributed by atoms with Gasteiger partial charge in [-0.15, -0.1) is 0 Å². The summed E-state index contributed by atoms with van der Waals surface area (Å²) in [6.45, 7) is 5.24. The van der Waals surface area contributed by atoms with Crippen LogP contribution in [0.1, 0.15) is 44.2 Å². The monoisotopic (exact) mass is 305 g/mol. The summed E-state index contributed by atoms with van der Waals surface area (Å²) in [5, 5.41) is 0. The van der Waals surface area contributed by atoms with E-state index >= 15 is 0 Å². The van der Waals surface area contributed by atoms with Gasteiger partial charge in [-0.3, -0.25) is 0 Å². The van der Waals surface area contributed by atoms with E-state index in [2.05, 4.69) is 19.1 Å². The van der Waals surface area contributed by atoms with Crippen molar-refractivity contribution in [2.45, 2.75) is 44.9 Å². The Morgan fingerprint density at radius 3 is 2.86 bits per heavy atom. The lowest BCUT2D eigenvalue weighted by molar-refractivity contribution is 0.113. The summed E-state index contributed by atoms with van der Waals surface area (Å²) in [5.74, 6) is 0.908. The second-order valence-electron chi connectivity index (χ2n) is 6.31. The maximum Gasteiger partial charge on any atom is 0.409 e. The lowest BCUT2D eigenvalue weighted by Gasteiger charge is -2.37. The van der Waals surface area contributed by atoms with Crippen LogP contribution in [-0.4, -0.2) is 38.3 Å². The minimum Gasteiger partial charge on any atom is -0.497 e. The van der Waals surface area contributed by atoms with Crippen molar-refractivity contribution < 1.29 is 14.3 Å². The van der Waals surface area contributed by atoms with E-state index < -0.39 is 0 Å². The number of amides is 1. The molecule has 1 atom stereocenters. The number of carbonyl (C=O) groups excluding carboxylic acids is 1. The zero-order chi connectivity index (χ0) is 16.2. The van der Waals surface area contributed by atoms with Crippen molar-refractivity contribution in [2.75, 3.05) is 27.3 Å². The highest BCUT2D eigenvalue weighted by atomic mass is 16.6. The quantitative estimate of drug-likeness (QED) is 0.831. The maximum absolute atomic E-state index is 11.7. The molecule has 0 heterocycles. The highest BCUT2D eigenvalue weighted by molar-refractivity contribution is 5.67. The number of benzene rings is 1. The van der Waals surface area contributed by atoms with Gasteiger partial charge >= 0.3 is 6.09 Å². The Morgan fingerprint density at radius 1 is 1.41 bits per heavy atom. The normalized spacial score (nSPS) is 20.2. The van der Waals surface area contributed by atoms with E-state index in [9.17, 15) is 4.79 Å². The first-order chi connectivity index (χ1) is 10.5. The first-order valence-electron chi connectivity index (χ1n) is 8.05. The van der Waals surface area contributed by atoms with Gasteiger partial charge in [-0.05, 0) is 61.3 Å². The largest absolute Gasteiger partial charge is 0.497 e. The van der Waals surface area contributed by atoms with E-state index in [1.807, 2.05) is 13.0 Å². The summed E-state index contributed by atoms with van der Waals surface area (Å²) in [7, 11) is 3.51. The topological polar surface area (TPSA) is 38.8 Å². The second kappa shape index (κ2) is 7.03. The third-order valence-corrected chi connectivity index (χ3v) is 4.72. The van der Waals surface area contributed by atoms with Crippen molar-refractivity contribution in [1.29, 1.82) is 0 Å². The molecule has 0 aromatic heterocycles. The minimum atomic E-state index is -0.243. The molecule has 0 N–H and O–H groups in total. The van der Waals surface area contributed by atoms with E-state index in [1.54, 1.807) is 19.1 Å². The zero-order valence-electron chi connectivity index (χ0n) is 14.1. The Labute approximate surface area is 133 Å². The molecule has 122 valence electrons. The van der Waals surface area contributed by atoms with Crippen LogP contribution < -0.4 is 4.74 Å². The van der Waals surface area contributed by atoms with Crippen molar-refractivity contribution in [3.8, 4) is 5.75 Å². The molecule has 0 saturated carbocycles. The number of aryl methyl sites for hydroxylation is 1. The van der Waals surface area contributed by atoms with E-state index in [0.717, 1.165) is 25.0 Å². The summed E-state index contributed by atoms with van der Waals surface area (Å²) in [4.78, 5) is 13.4. The molecular weight excluding hydrogens is 278 g/mol. The number of hydrogen-bond donors (Lipinski definition) is 0. The Morgan fingerprint density at radius 2 is 2.18 bits per heavy atom. The third-order valence-electron chi connectivity index (χ3n) is 4.72. The van der Waals surface area contributed by atoms with Crippen molar-refractivity contribution in [3.63, 3.8) is 0 Å². The molecule has 1 aromatic carbocycles. The highest BCUT2D eigenvalue weighted by Crippen LogP contribution is 2.41. The van der Waals surface area contributed by atoms with Crippen molar-refractivity contribution in [2.24, 2.45) is 0 Å². The van der Waals surface area contributed by atoms with Gasteiger partial charge in [0.25, 0.3) is 0 Å². The third kappa shape index (κ3) is 3.54. The molecule has 4 nitrogen and oxygen atoms in total. The molecule has 0 saturated heterocycles. The molecule has 1 aromatic rings. The Kier molecular flexibility index (Phi) is 5.33.